The molecular weight excluding hydrogens is 264 g/mol. The summed E-state index contributed by atoms with van der Waals surface area (Å²) >= 11 is 0. The minimum atomic E-state index is -4.93. The molecule has 19 heavy (non-hydrogen) atoms. The predicted molar refractivity (Wildman–Crippen MR) is 60.3 cm³/mol. The zero-order valence-corrected chi connectivity index (χ0v) is 10.1. The van der Waals surface area contributed by atoms with Crippen molar-refractivity contribution in [3.8, 4) is 5.75 Å². The summed E-state index contributed by atoms with van der Waals surface area (Å²) in [6.45, 7) is 0. The third-order valence-corrected chi connectivity index (χ3v) is 3.35. The molecule has 106 valence electrons. The van der Waals surface area contributed by atoms with Gasteiger partial charge in [0.15, 0.2) is 11.6 Å². The molecule has 1 N–H and O–H groups in total. The molecule has 0 spiro atoms. The van der Waals surface area contributed by atoms with E-state index in [1.807, 2.05) is 0 Å². The second-order valence-corrected chi connectivity index (χ2v) is 4.67. The molecule has 6 heteroatoms. The summed E-state index contributed by atoms with van der Waals surface area (Å²) in [5.74, 6) is -2.35. The Bertz CT molecular complexity index is 445. The molecule has 2 atom stereocenters. The van der Waals surface area contributed by atoms with E-state index in [0.717, 1.165) is 18.9 Å². The summed E-state index contributed by atoms with van der Waals surface area (Å²) < 4.78 is 54.1. The van der Waals surface area contributed by atoms with Gasteiger partial charge in [-0.1, -0.05) is 25.0 Å². The molecule has 1 aliphatic rings. The van der Waals surface area contributed by atoms with Gasteiger partial charge in [-0.05, 0) is 24.5 Å². The third-order valence-electron chi connectivity index (χ3n) is 3.35. The van der Waals surface area contributed by atoms with Crippen LogP contribution in [0.2, 0.25) is 0 Å². The molecule has 2 nitrogen and oxygen atoms in total. The van der Waals surface area contributed by atoms with Gasteiger partial charge in [0.2, 0.25) is 0 Å². The van der Waals surface area contributed by atoms with E-state index in [4.69, 9.17) is 0 Å². The molecule has 0 bridgehead atoms. The summed E-state index contributed by atoms with van der Waals surface area (Å²) in [6.07, 6.45) is -2.87. The molecule has 2 unspecified atom stereocenters. The molecule has 2 rings (SSSR count). The van der Waals surface area contributed by atoms with Gasteiger partial charge in [0.1, 0.15) is 0 Å². The minimum absolute atomic E-state index is 0.0916. The van der Waals surface area contributed by atoms with Gasteiger partial charge >= 0.3 is 6.36 Å². The van der Waals surface area contributed by atoms with Crippen molar-refractivity contribution >= 4 is 0 Å². The molecule has 0 saturated heterocycles. The van der Waals surface area contributed by atoms with Crippen LogP contribution in [-0.4, -0.2) is 17.6 Å². The maximum Gasteiger partial charge on any atom is 0.573 e. The van der Waals surface area contributed by atoms with E-state index in [1.165, 1.54) is 12.1 Å². The van der Waals surface area contributed by atoms with Gasteiger partial charge in [-0.2, -0.15) is 0 Å². The molecule has 1 aromatic rings. The van der Waals surface area contributed by atoms with Gasteiger partial charge in [-0.15, -0.1) is 13.2 Å². The first-order valence-electron chi connectivity index (χ1n) is 6.10. The second-order valence-electron chi connectivity index (χ2n) is 4.67. The number of hydrogen-bond donors (Lipinski definition) is 1. The second kappa shape index (κ2) is 5.36. The molecule has 1 fully saturated rings. The highest BCUT2D eigenvalue weighted by atomic mass is 19.4. The molecule has 1 aromatic carbocycles. The van der Waals surface area contributed by atoms with Crippen LogP contribution in [0.3, 0.4) is 0 Å². The highest BCUT2D eigenvalue weighted by Crippen LogP contribution is 2.37. The zero-order valence-electron chi connectivity index (χ0n) is 10.1. The first kappa shape index (κ1) is 14.1. The standard InChI is InChI=1S/C13H14F4O2/c14-12-9(8-4-1-2-6-10(8)18)5-3-7-11(12)19-13(15,16)17/h3,5,7-8,10,18H,1-2,4,6H2. The van der Waals surface area contributed by atoms with E-state index >= 15 is 0 Å². The van der Waals surface area contributed by atoms with Crippen molar-refractivity contribution in [3.63, 3.8) is 0 Å². The fourth-order valence-corrected chi connectivity index (χ4v) is 2.49. The van der Waals surface area contributed by atoms with Crippen LogP contribution in [-0.2, 0) is 0 Å². The van der Waals surface area contributed by atoms with Crippen molar-refractivity contribution in [3.05, 3.63) is 29.6 Å². The number of rotatable bonds is 2. The topological polar surface area (TPSA) is 29.5 Å². The number of aliphatic hydroxyl groups is 1. The summed E-state index contributed by atoms with van der Waals surface area (Å²) in [6, 6.07) is 3.64. The molecule has 0 amide bonds. The molecule has 0 aliphatic heterocycles. The number of alkyl halides is 3. The van der Waals surface area contributed by atoms with E-state index in [1.54, 1.807) is 0 Å². The fraction of sp³-hybridized carbons (Fsp3) is 0.538. The lowest BCUT2D eigenvalue weighted by Gasteiger charge is -2.28. The van der Waals surface area contributed by atoms with Crippen LogP contribution in [0.4, 0.5) is 17.6 Å². The van der Waals surface area contributed by atoms with Crippen molar-refractivity contribution in [1.82, 2.24) is 0 Å². The first-order valence-corrected chi connectivity index (χ1v) is 6.10. The largest absolute Gasteiger partial charge is 0.573 e. The lowest BCUT2D eigenvalue weighted by atomic mass is 9.81. The average molecular weight is 278 g/mol. The van der Waals surface area contributed by atoms with Crippen molar-refractivity contribution in [1.29, 1.82) is 0 Å². The van der Waals surface area contributed by atoms with Crippen LogP contribution in [0, 0.1) is 5.82 Å². The quantitative estimate of drug-likeness (QED) is 0.835. The molecular formula is C13H14F4O2. The lowest BCUT2D eigenvalue weighted by Crippen LogP contribution is -2.24. The summed E-state index contributed by atoms with van der Waals surface area (Å²) in [5, 5.41) is 9.84. The van der Waals surface area contributed by atoms with E-state index in [0.29, 0.717) is 12.8 Å². The van der Waals surface area contributed by atoms with Gasteiger partial charge in [-0.3, -0.25) is 0 Å². The Morgan fingerprint density at radius 2 is 1.84 bits per heavy atom. The Morgan fingerprint density at radius 1 is 1.16 bits per heavy atom. The number of ether oxygens (including phenoxy) is 1. The lowest BCUT2D eigenvalue weighted by molar-refractivity contribution is -0.275. The fourth-order valence-electron chi connectivity index (χ4n) is 2.49. The van der Waals surface area contributed by atoms with Gasteiger partial charge < -0.3 is 9.84 Å². The Balaban J connectivity index is 2.28. The molecule has 0 aromatic heterocycles. The summed E-state index contributed by atoms with van der Waals surface area (Å²) in [5.41, 5.74) is 0.0916. The molecule has 0 radical (unpaired) electrons. The van der Waals surface area contributed by atoms with Crippen LogP contribution in [0.1, 0.15) is 37.2 Å². The van der Waals surface area contributed by atoms with E-state index in [9.17, 15) is 22.7 Å². The summed E-state index contributed by atoms with van der Waals surface area (Å²) in [4.78, 5) is 0. The van der Waals surface area contributed by atoms with Crippen molar-refractivity contribution in [2.24, 2.45) is 0 Å². The van der Waals surface area contributed by atoms with Gasteiger partial charge in [-0.25, -0.2) is 4.39 Å². The van der Waals surface area contributed by atoms with E-state index in [-0.39, 0.29) is 5.56 Å². The van der Waals surface area contributed by atoms with Crippen LogP contribution >= 0.6 is 0 Å². The molecule has 1 saturated carbocycles. The van der Waals surface area contributed by atoms with E-state index in [2.05, 4.69) is 4.74 Å². The van der Waals surface area contributed by atoms with Crippen LogP contribution < -0.4 is 4.74 Å². The van der Waals surface area contributed by atoms with Gasteiger partial charge in [0.05, 0.1) is 6.10 Å². The predicted octanol–water partition coefficient (Wildman–Crippen LogP) is 3.74. The third kappa shape index (κ3) is 3.37. The highest BCUT2D eigenvalue weighted by molar-refractivity contribution is 5.34. The van der Waals surface area contributed by atoms with Crippen molar-refractivity contribution in [2.45, 2.75) is 44.1 Å². The van der Waals surface area contributed by atoms with Crippen molar-refractivity contribution < 1.29 is 27.4 Å². The highest BCUT2D eigenvalue weighted by Gasteiger charge is 2.34. The Hall–Kier alpha value is -1.30. The van der Waals surface area contributed by atoms with E-state index < -0.39 is 30.0 Å². The Kier molecular flexibility index (Phi) is 3.99. The van der Waals surface area contributed by atoms with Crippen LogP contribution in [0.25, 0.3) is 0 Å². The summed E-state index contributed by atoms with van der Waals surface area (Å²) in [7, 11) is 0. The minimum Gasteiger partial charge on any atom is -0.403 e. The number of aliphatic hydroxyl groups excluding tert-OH is 1. The monoisotopic (exact) mass is 278 g/mol. The first-order chi connectivity index (χ1) is 8.88. The maximum absolute atomic E-state index is 14.0. The zero-order chi connectivity index (χ0) is 14.0. The van der Waals surface area contributed by atoms with Crippen molar-refractivity contribution in [2.75, 3.05) is 0 Å². The Labute approximate surface area is 108 Å². The van der Waals surface area contributed by atoms with Gasteiger partial charge in [0.25, 0.3) is 0 Å². The van der Waals surface area contributed by atoms with Crippen LogP contribution in [0.5, 0.6) is 5.75 Å². The average Bonchev–Trinajstić information content (AvgIpc) is 2.31. The number of benzene rings is 1. The molecule has 0 heterocycles. The Morgan fingerprint density at radius 3 is 2.47 bits per heavy atom. The smallest absolute Gasteiger partial charge is 0.403 e. The number of halogens is 4. The SMILES string of the molecule is OC1CCCCC1c1cccc(OC(F)(F)F)c1F. The maximum atomic E-state index is 14.0. The normalized spacial score (nSPS) is 24.3. The molecule has 1 aliphatic carbocycles. The number of hydrogen-bond acceptors (Lipinski definition) is 2. The van der Waals surface area contributed by atoms with Crippen LogP contribution in [0.15, 0.2) is 18.2 Å². The van der Waals surface area contributed by atoms with Gasteiger partial charge in [0, 0.05) is 5.92 Å².